The minimum absolute atomic E-state index is 0.148. The number of likely N-dealkylation sites (N-methyl/N-ethyl adjacent to an activating group) is 1. The van der Waals surface area contributed by atoms with Crippen molar-refractivity contribution in [3.05, 3.63) is 94.5 Å². The van der Waals surface area contributed by atoms with E-state index in [0.29, 0.717) is 12.2 Å². The first-order valence-electron chi connectivity index (χ1n) is 9.40. The number of carbonyl (C=O) groups excluding carboxylic acids is 1. The van der Waals surface area contributed by atoms with Gasteiger partial charge in [0.25, 0.3) is 10.0 Å². The molecule has 0 heterocycles. The Bertz CT molecular complexity index is 1100. The zero-order valence-corrected chi connectivity index (χ0v) is 19.2. The Hall–Kier alpha value is -2.64. The van der Waals surface area contributed by atoms with Crippen molar-refractivity contribution in [3.8, 4) is 0 Å². The fourth-order valence-electron chi connectivity index (χ4n) is 2.95. The van der Waals surface area contributed by atoms with E-state index in [1.165, 1.54) is 4.90 Å². The van der Waals surface area contributed by atoms with Gasteiger partial charge in [0.15, 0.2) is 0 Å². The molecule has 0 unspecified atom stereocenters. The van der Waals surface area contributed by atoms with E-state index >= 15 is 0 Å². The standard InChI is InChI=1S/C23H23BrN2O3S/c1-18-8-14-22(15-9-18)30(28,29)26(21-12-10-20(24)11-13-21)17-23(27)25(2)16-19-6-4-3-5-7-19/h3-15H,16-17H2,1-2H3. The Kier molecular flexibility index (Phi) is 6.95. The van der Waals surface area contributed by atoms with Crippen molar-refractivity contribution in [2.24, 2.45) is 0 Å². The highest BCUT2D eigenvalue weighted by Gasteiger charge is 2.28. The van der Waals surface area contributed by atoms with Gasteiger partial charge in [-0.1, -0.05) is 64.0 Å². The monoisotopic (exact) mass is 486 g/mol. The lowest BCUT2D eigenvalue weighted by atomic mass is 10.2. The number of hydrogen-bond acceptors (Lipinski definition) is 3. The average molecular weight is 487 g/mol. The number of sulfonamides is 1. The number of rotatable bonds is 7. The maximum atomic E-state index is 13.4. The maximum Gasteiger partial charge on any atom is 0.264 e. The molecule has 0 radical (unpaired) electrons. The molecule has 0 aromatic heterocycles. The molecule has 3 aromatic carbocycles. The summed E-state index contributed by atoms with van der Waals surface area (Å²) in [6, 6.07) is 23.1. The first-order chi connectivity index (χ1) is 14.3. The van der Waals surface area contributed by atoms with Crippen LogP contribution < -0.4 is 4.31 Å². The van der Waals surface area contributed by atoms with E-state index < -0.39 is 10.0 Å². The largest absolute Gasteiger partial charge is 0.340 e. The molecule has 30 heavy (non-hydrogen) atoms. The van der Waals surface area contributed by atoms with Crippen molar-refractivity contribution in [2.75, 3.05) is 17.9 Å². The number of amides is 1. The Morgan fingerprint density at radius 3 is 2.10 bits per heavy atom. The molecule has 0 N–H and O–H groups in total. The van der Waals surface area contributed by atoms with Crippen LogP contribution in [-0.4, -0.2) is 32.8 Å². The summed E-state index contributed by atoms with van der Waals surface area (Å²) >= 11 is 3.37. The SMILES string of the molecule is Cc1ccc(S(=O)(=O)N(CC(=O)N(C)Cc2ccccc2)c2ccc(Br)cc2)cc1. The van der Waals surface area contributed by atoms with Crippen LogP contribution in [0.4, 0.5) is 5.69 Å². The fraction of sp³-hybridized carbons (Fsp3) is 0.174. The highest BCUT2D eigenvalue weighted by Crippen LogP contribution is 2.26. The number of carbonyl (C=O) groups is 1. The molecule has 3 rings (SSSR count). The molecule has 156 valence electrons. The van der Waals surface area contributed by atoms with Crippen molar-refractivity contribution < 1.29 is 13.2 Å². The Labute approximate surface area is 186 Å². The predicted octanol–water partition coefficient (Wildman–Crippen LogP) is 4.61. The van der Waals surface area contributed by atoms with Crippen molar-refractivity contribution >= 4 is 37.5 Å². The Morgan fingerprint density at radius 2 is 1.50 bits per heavy atom. The number of halogens is 1. The van der Waals surface area contributed by atoms with E-state index in [4.69, 9.17) is 0 Å². The molecular formula is C23H23BrN2O3S. The minimum Gasteiger partial charge on any atom is -0.340 e. The van der Waals surface area contributed by atoms with Crippen molar-refractivity contribution in [2.45, 2.75) is 18.4 Å². The summed E-state index contributed by atoms with van der Waals surface area (Å²) < 4.78 is 28.8. The number of hydrogen-bond donors (Lipinski definition) is 0. The van der Waals surface area contributed by atoms with Crippen molar-refractivity contribution in [1.29, 1.82) is 0 Å². The number of nitrogens with zero attached hydrogens (tertiary/aromatic N) is 2. The fourth-order valence-corrected chi connectivity index (χ4v) is 4.63. The molecule has 0 fully saturated rings. The summed E-state index contributed by atoms with van der Waals surface area (Å²) in [5.74, 6) is -0.294. The molecule has 1 amide bonds. The third kappa shape index (κ3) is 5.29. The van der Waals surface area contributed by atoms with Gasteiger partial charge in [-0.3, -0.25) is 9.10 Å². The molecule has 0 aliphatic carbocycles. The van der Waals surface area contributed by atoms with Gasteiger partial charge in [-0.25, -0.2) is 8.42 Å². The third-order valence-electron chi connectivity index (χ3n) is 4.69. The average Bonchev–Trinajstić information content (AvgIpc) is 2.73. The van der Waals surface area contributed by atoms with Gasteiger partial charge in [0.2, 0.25) is 5.91 Å². The molecule has 0 aliphatic rings. The molecule has 0 atom stereocenters. The third-order valence-corrected chi connectivity index (χ3v) is 7.01. The van der Waals surface area contributed by atoms with Crippen LogP contribution >= 0.6 is 15.9 Å². The van der Waals surface area contributed by atoms with Gasteiger partial charge in [-0.05, 0) is 48.9 Å². The van der Waals surface area contributed by atoms with Crippen LogP contribution in [0.3, 0.4) is 0 Å². The number of benzene rings is 3. The summed E-state index contributed by atoms with van der Waals surface area (Å²) in [4.78, 5) is 14.6. The Morgan fingerprint density at radius 1 is 0.900 bits per heavy atom. The zero-order valence-electron chi connectivity index (χ0n) is 16.8. The van der Waals surface area contributed by atoms with Crippen LogP contribution in [0.5, 0.6) is 0 Å². The summed E-state index contributed by atoms with van der Waals surface area (Å²) in [6.45, 7) is 2.00. The first-order valence-corrected chi connectivity index (χ1v) is 11.6. The van der Waals surface area contributed by atoms with E-state index in [-0.39, 0.29) is 17.3 Å². The second-order valence-electron chi connectivity index (χ2n) is 7.04. The minimum atomic E-state index is -3.91. The van der Waals surface area contributed by atoms with Crippen LogP contribution in [-0.2, 0) is 21.4 Å². The van der Waals surface area contributed by atoms with Gasteiger partial charge in [0.05, 0.1) is 10.6 Å². The smallest absolute Gasteiger partial charge is 0.264 e. The normalized spacial score (nSPS) is 11.2. The van der Waals surface area contributed by atoms with E-state index in [9.17, 15) is 13.2 Å². The second-order valence-corrected chi connectivity index (χ2v) is 9.81. The molecule has 7 heteroatoms. The molecule has 0 spiro atoms. The zero-order chi connectivity index (χ0) is 21.7. The lowest BCUT2D eigenvalue weighted by Gasteiger charge is -2.27. The van der Waals surface area contributed by atoms with Crippen LogP contribution in [0.15, 0.2) is 88.2 Å². The van der Waals surface area contributed by atoms with E-state index in [1.807, 2.05) is 37.3 Å². The van der Waals surface area contributed by atoms with Crippen LogP contribution in [0.25, 0.3) is 0 Å². The van der Waals surface area contributed by atoms with E-state index in [1.54, 1.807) is 55.6 Å². The summed E-state index contributed by atoms with van der Waals surface area (Å²) in [5.41, 5.74) is 2.37. The molecule has 3 aromatic rings. The van der Waals surface area contributed by atoms with Crippen molar-refractivity contribution in [3.63, 3.8) is 0 Å². The number of aryl methyl sites for hydroxylation is 1. The van der Waals surface area contributed by atoms with Gasteiger partial charge in [0.1, 0.15) is 6.54 Å². The predicted molar refractivity (Wildman–Crippen MR) is 123 cm³/mol. The second kappa shape index (κ2) is 9.45. The molecule has 0 aliphatic heterocycles. The summed E-state index contributed by atoms with van der Waals surface area (Å²) in [7, 11) is -2.24. The van der Waals surface area contributed by atoms with Crippen LogP contribution in [0.2, 0.25) is 0 Å². The lowest BCUT2D eigenvalue weighted by Crippen LogP contribution is -2.41. The van der Waals surface area contributed by atoms with E-state index in [0.717, 1.165) is 19.9 Å². The Balaban J connectivity index is 1.90. The van der Waals surface area contributed by atoms with Crippen LogP contribution in [0.1, 0.15) is 11.1 Å². The van der Waals surface area contributed by atoms with Gasteiger partial charge in [-0.15, -0.1) is 0 Å². The van der Waals surface area contributed by atoms with Crippen molar-refractivity contribution in [1.82, 2.24) is 4.90 Å². The van der Waals surface area contributed by atoms with Gasteiger partial charge in [-0.2, -0.15) is 0 Å². The molecule has 0 saturated heterocycles. The molecular weight excluding hydrogens is 464 g/mol. The first kappa shape index (κ1) is 22.1. The van der Waals surface area contributed by atoms with Gasteiger partial charge < -0.3 is 4.90 Å². The molecule has 0 bridgehead atoms. The topological polar surface area (TPSA) is 57.7 Å². The summed E-state index contributed by atoms with van der Waals surface area (Å²) in [5, 5.41) is 0. The van der Waals surface area contributed by atoms with Gasteiger partial charge in [0, 0.05) is 18.1 Å². The molecule has 0 saturated carbocycles. The highest BCUT2D eigenvalue weighted by atomic mass is 79.9. The summed E-state index contributed by atoms with van der Waals surface area (Å²) in [6.07, 6.45) is 0. The molecule has 5 nitrogen and oxygen atoms in total. The quantitative estimate of drug-likeness (QED) is 0.489. The highest BCUT2D eigenvalue weighted by molar-refractivity contribution is 9.10. The lowest BCUT2D eigenvalue weighted by molar-refractivity contribution is -0.128. The van der Waals surface area contributed by atoms with Crippen LogP contribution in [0, 0.1) is 6.92 Å². The maximum absolute atomic E-state index is 13.4. The van der Waals surface area contributed by atoms with Gasteiger partial charge >= 0.3 is 0 Å². The van der Waals surface area contributed by atoms with E-state index in [2.05, 4.69) is 15.9 Å². The number of anilines is 1.